The van der Waals surface area contributed by atoms with Gasteiger partial charge in [0.15, 0.2) is 5.82 Å². The molecule has 0 aliphatic carbocycles. The molecule has 6 nitrogen and oxygen atoms in total. The van der Waals surface area contributed by atoms with Crippen LogP contribution < -0.4 is 5.32 Å². The molecule has 1 saturated heterocycles. The second kappa shape index (κ2) is 5.47. The van der Waals surface area contributed by atoms with Gasteiger partial charge in [0, 0.05) is 11.6 Å². The Hall–Kier alpha value is -1.50. The molecular formula is C13H16ClN5O. The van der Waals surface area contributed by atoms with E-state index >= 15 is 0 Å². The average Bonchev–Trinajstić information content (AvgIpc) is 2.91. The van der Waals surface area contributed by atoms with E-state index in [0.29, 0.717) is 19.8 Å². The third-order valence-electron chi connectivity index (χ3n) is 3.42. The summed E-state index contributed by atoms with van der Waals surface area (Å²) in [5.74, 6) is 0.784. The Labute approximate surface area is 122 Å². The average molecular weight is 294 g/mol. The van der Waals surface area contributed by atoms with Gasteiger partial charge in [0.25, 0.3) is 0 Å². The molecule has 1 aliphatic rings. The largest absolute Gasteiger partial charge is 0.378 e. The molecular weight excluding hydrogens is 278 g/mol. The van der Waals surface area contributed by atoms with Crippen LogP contribution >= 0.6 is 11.6 Å². The third-order valence-corrected chi connectivity index (χ3v) is 3.68. The Kier molecular flexibility index (Phi) is 3.69. The molecule has 1 aliphatic heterocycles. The minimum absolute atomic E-state index is 0.353. The van der Waals surface area contributed by atoms with Gasteiger partial charge >= 0.3 is 0 Å². The molecule has 106 valence electrons. The van der Waals surface area contributed by atoms with Crippen molar-refractivity contribution in [3.05, 3.63) is 40.7 Å². The van der Waals surface area contributed by atoms with Crippen molar-refractivity contribution in [3.63, 3.8) is 0 Å². The zero-order valence-corrected chi connectivity index (χ0v) is 12.0. The van der Waals surface area contributed by atoms with Gasteiger partial charge in [-0.2, -0.15) is 0 Å². The highest BCUT2D eigenvalue weighted by atomic mass is 35.5. The number of hydrogen-bond donors (Lipinski definition) is 1. The lowest BCUT2D eigenvalue weighted by Gasteiger charge is -2.33. The van der Waals surface area contributed by atoms with Gasteiger partial charge < -0.3 is 10.1 Å². The molecule has 2 heterocycles. The van der Waals surface area contributed by atoms with Crippen molar-refractivity contribution in [2.24, 2.45) is 0 Å². The topological polar surface area (TPSA) is 64.9 Å². The Balaban J connectivity index is 1.84. The standard InChI is InChI=1S/C13H16ClN5O/c1-13(9-20-7-6-15-13)12-16-17-18-19(12)8-10-2-4-11(14)5-3-10/h2-5,15H,6-9H2,1H3. The number of nitrogens with one attached hydrogen (secondary N) is 1. The van der Waals surface area contributed by atoms with Crippen molar-refractivity contribution in [2.75, 3.05) is 19.8 Å². The highest BCUT2D eigenvalue weighted by Crippen LogP contribution is 2.21. The van der Waals surface area contributed by atoms with E-state index < -0.39 is 0 Å². The van der Waals surface area contributed by atoms with Gasteiger partial charge in [-0.25, -0.2) is 4.68 Å². The lowest BCUT2D eigenvalue weighted by molar-refractivity contribution is 0.0280. The van der Waals surface area contributed by atoms with Gasteiger partial charge in [-0.15, -0.1) is 5.10 Å². The van der Waals surface area contributed by atoms with E-state index in [1.54, 1.807) is 4.68 Å². The zero-order valence-electron chi connectivity index (χ0n) is 11.2. The fourth-order valence-corrected chi connectivity index (χ4v) is 2.47. The molecule has 0 bridgehead atoms. The van der Waals surface area contributed by atoms with Gasteiger partial charge in [0.2, 0.25) is 0 Å². The summed E-state index contributed by atoms with van der Waals surface area (Å²) < 4.78 is 7.34. The number of halogens is 1. The summed E-state index contributed by atoms with van der Waals surface area (Å²) >= 11 is 5.90. The highest BCUT2D eigenvalue weighted by Gasteiger charge is 2.34. The maximum Gasteiger partial charge on any atom is 0.173 e. The van der Waals surface area contributed by atoms with Crippen molar-refractivity contribution in [3.8, 4) is 0 Å². The first kappa shape index (κ1) is 13.5. The fraction of sp³-hybridized carbons (Fsp3) is 0.462. The van der Waals surface area contributed by atoms with E-state index in [-0.39, 0.29) is 5.54 Å². The molecule has 7 heteroatoms. The van der Waals surface area contributed by atoms with Crippen molar-refractivity contribution in [1.82, 2.24) is 25.5 Å². The van der Waals surface area contributed by atoms with Gasteiger partial charge in [-0.1, -0.05) is 23.7 Å². The Bertz CT molecular complexity index is 577. The molecule has 0 saturated carbocycles. The Morgan fingerprint density at radius 3 is 2.90 bits per heavy atom. The minimum atomic E-state index is -0.353. The van der Waals surface area contributed by atoms with E-state index in [1.165, 1.54) is 0 Å². The van der Waals surface area contributed by atoms with Gasteiger partial charge in [-0.05, 0) is 35.0 Å². The zero-order chi connectivity index (χ0) is 14.0. The van der Waals surface area contributed by atoms with Gasteiger partial charge in [0.05, 0.1) is 19.8 Å². The minimum Gasteiger partial charge on any atom is -0.378 e. The van der Waals surface area contributed by atoms with Crippen LogP contribution in [0.15, 0.2) is 24.3 Å². The molecule has 20 heavy (non-hydrogen) atoms. The van der Waals surface area contributed by atoms with E-state index in [2.05, 4.69) is 27.8 Å². The molecule has 1 atom stereocenters. The van der Waals surface area contributed by atoms with Crippen molar-refractivity contribution < 1.29 is 4.74 Å². The number of ether oxygens (including phenoxy) is 1. The maximum absolute atomic E-state index is 5.90. The van der Waals surface area contributed by atoms with Gasteiger partial charge in [0.1, 0.15) is 5.54 Å². The van der Waals surface area contributed by atoms with Crippen LogP contribution in [0.3, 0.4) is 0 Å². The van der Waals surface area contributed by atoms with Crippen LogP contribution in [0.2, 0.25) is 5.02 Å². The predicted molar refractivity (Wildman–Crippen MR) is 74.5 cm³/mol. The molecule has 1 fully saturated rings. The van der Waals surface area contributed by atoms with Crippen molar-refractivity contribution in [1.29, 1.82) is 0 Å². The summed E-state index contributed by atoms with van der Waals surface area (Å²) in [5, 5.41) is 16.2. The van der Waals surface area contributed by atoms with Crippen LogP contribution in [0.1, 0.15) is 18.3 Å². The van der Waals surface area contributed by atoms with Crippen LogP contribution in [0.4, 0.5) is 0 Å². The number of benzene rings is 1. The quantitative estimate of drug-likeness (QED) is 0.921. The molecule has 1 aromatic carbocycles. The molecule has 1 unspecified atom stereocenters. The Morgan fingerprint density at radius 1 is 1.40 bits per heavy atom. The normalized spacial score (nSPS) is 22.9. The molecule has 2 aromatic rings. The van der Waals surface area contributed by atoms with Crippen LogP contribution in [0.25, 0.3) is 0 Å². The lowest BCUT2D eigenvalue weighted by Crippen LogP contribution is -2.51. The van der Waals surface area contributed by atoms with Crippen molar-refractivity contribution in [2.45, 2.75) is 19.0 Å². The number of aromatic nitrogens is 4. The summed E-state index contributed by atoms with van der Waals surface area (Å²) in [6.45, 7) is 4.74. The SMILES string of the molecule is CC1(c2nnnn2Cc2ccc(Cl)cc2)COCCN1. The summed E-state index contributed by atoms with van der Waals surface area (Å²) in [6, 6.07) is 7.68. The van der Waals surface area contributed by atoms with E-state index in [4.69, 9.17) is 16.3 Å². The van der Waals surface area contributed by atoms with Crippen LogP contribution in [-0.2, 0) is 16.8 Å². The third kappa shape index (κ3) is 2.67. The lowest BCUT2D eigenvalue weighted by atomic mass is 10.0. The number of rotatable bonds is 3. The van der Waals surface area contributed by atoms with E-state index in [0.717, 1.165) is 23.0 Å². The number of hydrogen-bond acceptors (Lipinski definition) is 5. The smallest absolute Gasteiger partial charge is 0.173 e. The molecule has 0 spiro atoms. The van der Waals surface area contributed by atoms with Crippen LogP contribution in [-0.4, -0.2) is 40.0 Å². The van der Waals surface area contributed by atoms with Crippen molar-refractivity contribution >= 4 is 11.6 Å². The monoisotopic (exact) mass is 293 g/mol. The number of tetrazole rings is 1. The molecule has 1 aromatic heterocycles. The van der Waals surface area contributed by atoms with E-state index in [1.807, 2.05) is 24.3 Å². The van der Waals surface area contributed by atoms with Crippen LogP contribution in [0.5, 0.6) is 0 Å². The summed E-state index contributed by atoms with van der Waals surface area (Å²) in [4.78, 5) is 0. The first-order valence-corrected chi connectivity index (χ1v) is 6.89. The first-order chi connectivity index (χ1) is 9.67. The summed E-state index contributed by atoms with van der Waals surface area (Å²) in [6.07, 6.45) is 0. The molecule has 1 N–H and O–H groups in total. The molecule has 0 radical (unpaired) electrons. The second-order valence-electron chi connectivity index (χ2n) is 5.10. The fourth-order valence-electron chi connectivity index (χ4n) is 2.34. The molecule has 0 amide bonds. The summed E-state index contributed by atoms with van der Waals surface area (Å²) in [5.41, 5.74) is 0.747. The second-order valence-corrected chi connectivity index (χ2v) is 5.53. The van der Waals surface area contributed by atoms with E-state index in [9.17, 15) is 0 Å². The highest BCUT2D eigenvalue weighted by molar-refractivity contribution is 6.30. The first-order valence-electron chi connectivity index (χ1n) is 6.51. The maximum atomic E-state index is 5.90. The van der Waals surface area contributed by atoms with Crippen LogP contribution in [0, 0.1) is 0 Å². The number of morpholine rings is 1. The summed E-state index contributed by atoms with van der Waals surface area (Å²) in [7, 11) is 0. The predicted octanol–water partition coefficient (Wildman–Crippen LogP) is 1.21. The Morgan fingerprint density at radius 2 is 2.20 bits per heavy atom. The van der Waals surface area contributed by atoms with Gasteiger partial charge in [-0.3, -0.25) is 0 Å². The number of nitrogens with zero attached hydrogens (tertiary/aromatic N) is 4. The molecule has 3 rings (SSSR count).